The summed E-state index contributed by atoms with van der Waals surface area (Å²) in [7, 11) is 0. The molecule has 0 aliphatic carbocycles. The molecule has 1 fully saturated rings. The van der Waals surface area contributed by atoms with Crippen molar-refractivity contribution in [3.05, 3.63) is 30.3 Å². The Morgan fingerprint density at radius 1 is 1.20 bits per heavy atom. The van der Waals surface area contributed by atoms with Crippen molar-refractivity contribution < 1.29 is 5.11 Å². The Labute approximate surface area is 119 Å². The fourth-order valence-electron chi connectivity index (χ4n) is 2.80. The van der Waals surface area contributed by atoms with Crippen molar-refractivity contribution in [2.45, 2.75) is 31.8 Å². The van der Waals surface area contributed by atoms with Crippen LogP contribution < -0.4 is 10.6 Å². The third kappa shape index (κ3) is 2.70. The molecule has 2 heterocycles. The summed E-state index contributed by atoms with van der Waals surface area (Å²) in [6, 6.07) is 9.90. The zero-order valence-corrected chi connectivity index (χ0v) is 11.8. The lowest BCUT2D eigenvalue weighted by Crippen LogP contribution is -2.28. The third-order valence-corrected chi connectivity index (χ3v) is 4.09. The lowest BCUT2D eigenvalue weighted by Gasteiger charge is -2.23. The fraction of sp³-hybridized carbons (Fsp3) is 0.438. The molecule has 3 rings (SSSR count). The topological polar surface area (TPSA) is 62.4 Å². The van der Waals surface area contributed by atoms with E-state index in [4.69, 9.17) is 10.7 Å². The molecule has 1 aliphatic heterocycles. The van der Waals surface area contributed by atoms with Gasteiger partial charge in [0.2, 0.25) is 0 Å². The lowest BCUT2D eigenvalue weighted by atomic mass is 9.98. The maximum absolute atomic E-state index is 10.2. The first kappa shape index (κ1) is 13.2. The monoisotopic (exact) mass is 271 g/mol. The van der Waals surface area contributed by atoms with Crippen molar-refractivity contribution in [2.75, 3.05) is 23.7 Å². The van der Waals surface area contributed by atoms with Gasteiger partial charge in [0, 0.05) is 24.2 Å². The molecule has 1 atom stereocenters. The minimum absolute atomic E-state index is 0.542. The van der Waals surface area contributed by atoms with E-state index in [-0.39, 0.29) is 0 Å². The number of nitrogens with zero attached hydrogens (tertiary/aromatic N) is 2. The SMILES string of the molecule is CC1(O)CCCN(c2ccc3cc(N)ccc3n2)CC1. The highest BCUT2D eigenvalue weighted by molar-refractivity contribution is 5.83. The molecule has 0 radical (unpaired) electrons. The number of aromatic nitrogens is 1. The van der Waals surface area contributed by atoms with E-state index in [1.54, 1.807) is 0 Å². The molecule has 2 aromatic rings. The van der Waals surface area contributed by atoms with Crippen molar-refractivity contribution in [1.29, 1.82) is 0 Å². The Hall–Kier alpha value is -1.81. The normalized spacial score (nSPS) is 23.8. The molecular formula is C16H21N3O. The summed E-state index contributed by atoms with van der Waals surface area (Å²) in [6.45, 7) is 3.72. The third-order valence-electron chi connectivity index (χ3n) is 4.09. The van der Waals surface area contributed by atoms with Crippen molar-refractivity contribution in [3.63, 3.8) is 0 Å². The van der Waals surface area contributed by atoms with E-state index < -0.39 is 5.60 Å². The van der Waals surface area contributed by atoms with Gasteiger partial charge in [0.15, 0.2) is 0 Å². The van der Waals surface area contributed by atoms with E-state index in [1.807, 2.05) is 31.2 Å². The van der Waals surface area contributed by atoms with Crippen LogP contribution in [-0.4, -0.2) is 28.8 Å². The largest absolute Gasteiger partial charge is 0.399 e. The second-order valence-electron chi connectivity index (χ2n) is 5.96. The molecule has 106 valence electrons. The zero-order chi connectivity index (χ0) is 14.2. The summed E-state index contributed by atoms with van der Waals surface area (Å²) in [4.78, 5) is 6.98. The average Bonchev–Trinajstić information content (AvgIpc) is 2.59. The van der Waals surface area contributed by atoms with Crippen LogP contribution in [0.25, 0.3) is 10.9 Å². The fourth-order valence-corrected chi connectivity index (χ4v) is 2.80. The number of pyridine rings is 1. The van der Waals surface area contributed by atoms with E-state index in [9.17, 15) is 5.11 Å². The number of hydrogen-bond acceptors (Lipinski definition) is 4. The van der Waals surface area contributed by atoms with Crippen LogP contribution in [0, 0.1) is 0 Å². The van der Waals surface area contributed by atoms with E-state index in [0.29, 0.717) is 0 Å². The van der Waals surface area contributed by atoms with Gasteiger partial charge >= 0.3 is 0 Å². The van der Waals surface area contributed by atoms with Crippen molar-refractivity contribution >= 4 is 22.4 Å². The van der Waals surface area contributed by atoms with Gasteiger partial charge in [-0.25, -0.2) is 4.98 Å². The van der Waals surface area contributed by atoms with Crippen LogP contribution in [0.3, 0.4) is 0 Å². The van der Waals surface area contributed by atoms with Gasteiger partial charge in [-0.05, 0) is 56.5 Å². The molecule has 0 bridgehead atoms. The molecule has 4 heteroatoms. The molecule has 1 aliphatic rings. The molecule has 1 aromatic heterocycles. The van der Waals surface area contributed by atoms with E-state index >= 15 is 0 Å². The van der Waals surface area contributed by atoms with Crippen LogP contribution in [-0.2, 0) is 0 Å². The molecule has 0 spiro atoms. The van der Waals surface area contributed by atoms with Crippen LogP contribution in [0.4, 0.5) is 11.5 Å². The number of rotatable bonds is 1. The number of fused-ring (bicyclic) bond motifs is 1. The van der Waals surface area contributed by atoms with Crippen LogP contribution in [0.5, 0.6) is 0 Å². The molecule has 1 saturated heterocycles. The number of nitrogens with two attached hydrogens (primary N) is 1. The van der Waals surface area contributed by atoms with Gasteiger partial charge in [-0.2, -0.15) is 0 Å². The molecule has 0 saturated carbocycles. The number of aliphatic hydroxyl groups is 1. The highest BCUT2D eigenvalue weighted by Gasteiger charge is 2.25. The first-order chi connectivity index (χ1) is 9.53. The molecule has 0 amide bonds. The maximum atomic E-state index is 10.2. The van der Waals surface area contributed by atoms with Gasteiger partial charge in [0.05, 0.1) is 11.1 Å². The Bertz CT molecular complexity index is 624. The molecule has 20 heavy (non-hydrogen) atoms. The smallest absolute Gasteiger partial charge is 0.129 e. The Balaban J connectivity index is 1.88. The summed E-state index contributed by atoms with van der Waals surface area (Å²) < 4.78 is 0. The van der Waals surface area contributed by atoms with Crippen molar-refractivity contribution in [2.24, 2.45) is 0 Å². The van der Waals surface area contributed by atoms with E-state index in [0.717, 1.165) is 54.8 Å². The van der Waals surface area contributed by atoms with Gasteiger partial charge < -0.3 is 15.7 Å². The van der Waals surface area contributed by atoms with E-state index in [1.165, 1.54) is 0 Å². The van der Waals surface area contributed by atoms with Crippen LogP contribution in [0.1, 0.15) is 26.2 Å². The first-order valence-electron chi connectivity index (χ1n) is 7.17. The summed E-state index contributed by atoms with van der Waals surface area (Å²) in [5, 5.41) is 11.2. The second kappa shape index (κ2) is 4.94. The highest BCUT2D eigenvalue weighted by atomic mass is 16.3. The molecule has 1 aromatic carbocycles. The minimum atomic E-state index is -0.542. The van der Waals surface area contributed by atoms with Crippen LogP contribution >= 0.6 is 0 Å². The Kier molecular flexibility index (Phi) is 3.26. The first-order valence-corrected chi connectivity index (χ1v) is 7.17. The summed E-state index contributed by atoms with van der Waals surface area (Å²) >= 11 is 0. The summed E-state index contributed by atoms with van der Waals surface area (Å²) in [5.74, 6) is 0.986. The molecule has 1 unspecified atom stereocenters. The van der Waals surface area contributed by atoms with Crippen LogP contribution in [0.2, 0.25) is 0 Å². The van der Waals surface area contributed by atoms with Gasteiger partial charge in [-0.3, -0.25) is 0 Å². The molecular weight excluding hydrogens is 250 g/mol. The number of nitrogen functional groups attached to an aromatic ring is 1. The summed E-state index contributed by atoms with van der Waals surface area (Å²) in [5.41, 5.74) is 6.98. The number of benzene rings is 1. The predicted octanol–water partition coefficient (Wildman–Crippen LogP) is 2.56. The van der Waals surface area contributed by atoms with Crippen molar-refractivity contribution in [1.82, 2.24) is 4.98 Å². The Morgan fingerprint density at radius 2 is 2.05 bits per heavy atom. The highest BCUT2D eigenvalue weighted by Crippen LogP contribution is 2.26. The standard InChI is InChI=1S/C16H21N3O/c1-16(20)7-2-9-19(10-8-16)15-6-3-12-11-13(17)4-5-14(12)18-15/h3-6,11,20H,2,7-10,17H2,1H3. The molecule has 3 N–H and O–H groups in total. The number of hydrogen-bond donors (Lipinski definition) is 2. The summed E-state index contributed by atoms with van der Waals surface area (Å²) in [6.07, 6.45) is 2.64. The second-order valence-corrected chi connectivity index (χ2v) is 5.96. The average molecular weight is 271 g/mol. The minimum Gasteiger partial charge on any atom is -0.399 e. The maximum Gasteiger partial charge on any atom is 0.129 e. The van der Waals surface area contributed by atoms with Gasteiger partial charge in [0.1, 0.15) is 5.82 Å². The zero-order valence-electron chi connectivity index (χ0n) is 11.8. The predicted molar refractivity (Wildman–Crippen MR) is 82.8 cm³/mol. The number of anilines is 2. The molecule has 4 nitrogen and oxygen atoms in total. The van der Waals surface area contributed by atoms with Gasteiger partial charge in [-0.15, -0.1) is 0 Å². The van der Waals surface area contributed by atoms with Crippen LogP contribution in [0.15, 0.2) is 30.3 Å². The van der Waals surface area contributed by atoms with E-state index in [2.05, 4.69) is 11.0 Å². The lowest BCUT2D eigenvalue weighted by molar-refractivity contribution is 0.0481. The van der Waals surface area contributed by atoms with Gasteiger partial charge in [0.25, 0.3) is 0 Å². The van der Waals surface area contributed by atoms with Crippen molar-refractivity contribution in [3.8, 4) is 0 Å². The Morgan fingerprint density at radius 3 is 2.90 bits per heavy atom. The van der Waals surface area contributed by atoms with Gasteiger partial charge in [-0.1, -0.05) is 0 Å². The quantitative estimate of drug-likeness (QED) is 0.782.